The first kappa shape index (κ1) is 16.4. The molecule has 2 rings (SSSR count). The summed E-state index contributed by atoms with van der Waals surface area (Å²) in [5.74, 6) is 0. The fourth-order valence-electron chi connectivity index (χ4n) is 2.47. The summed E-state index contributed by atoms with van der Waals surface area (Å²) in [7, 11) is -1.64. The highest BCUT2D eigenvalue weighted by Gasteiger charge is 2.34. The minimum absolute atomic E-state index is 0.0993. The van der Waals surface area contributed by atoms with Crippen LogP contribution < -0.4 is 5.32 Å². The van der Waals surface area contributed by atoms with Crippen LogP contribution in [0.15, 0.2) is 29.2 Å². The quantitative estimate of drug-likeness (QED) is 0.884. The fraction of sp³-hybridized carbons (Fsp3) is 0.600. The van der Waals surface area contributed by atoms with E-state index in [9.17, 15) is 13.5 Å². The Morgan fingerprint density at radius 3 is 2.52 bits per heavy atom. The highest BCUT2D eigenvalue weighted by Crippen LogP contribution is 2.27. The molecule has 0 saturated carbocycles. The van der Waals surface area contributed by atoms with Crippen molar-refractivity contribution in [2.75, 3.05) is 20.1 Å². The lowest BCUT2D eigenvalue weighted by Gasteiger charge is -2.35. The summed E-state index contributed by atoms with van der Waals surface area (Å²) < 4.78 is 26.8. The highest BCUT2D eigenvalue weighted by molar-refractivity contribution is 7.89. The van der Waals surface area contributed by atoms with Crippen molar-refractivity contribution in [3.8, 4) is 0 Å². The zero-order valence-corrected chi connectivity index (χ0v) is 13.7. The van der Waals surface area contributed by atoms with Gasteiger partial charge in [-0.1, -0.05) is 12.1 Å². The first-order valence-electron chi connectivity index (χ1n) is 7.26. The highest BCUT2D eigenvalue weighted by atomic mass is 32.2. The standard InChI is InChI=1S/C15H24N2O3S/c1-12(16-3)13-5-4-6-14(11-13)21(19,20)17-9-7-15(2,18)8-10-17/h4-6,11-12,16,18H,7-10H2,1-3H3. The molecular formula is C15H24N2O3S. The smallest absolute Gasteiger partial charge is 0.243 e. The molecule has 0 aliphatic carbocycles. The maximum Gasteiger partial charge on any atom is 0.243 e. The Balaban J connectivity index is 2.24. The van der Waals surface area contributed by atoms with Gasteiger partial charge in [0, 0.05) is 19.1 Å². The lowest BCUT2D eigenvalue weighted by atomic mass is 9.95. The third-order valence-corrected chi connectivity index (χ3v) is 6.12. The van der Waals surface area contributed by atoms with Crippen LogP contribution in [0, 0.1) is 0 Å². The SMILES string of the molecule is CNC(C)c1cccc(S(=O)(=O)N2CCC(C)(O)CC2)c1. The van der Waals surface area contributed by atoms with Crippen LogP contribution in [0.5, 0.6) is 0 Å². The van der Waals surface area contributed by atoms with Gasteiger partial charge in [0.05, 0.1) is 10.5 Å². The monoisotopic (exact) mass is 312 g/mol. The molecule has 21 heavy (non-hydrogen) atoms. The Labute approximate surface area is 127 Å². The molecule has 1 aliphatic rings. The molecule has 0 radical (unpaired) electrons. The molecule has 118 valence electrons. The average Bonchev–Trinajstić information content (AvgIpc) is 2.46. The summed E-state index contributed by atoms with van der Waals surface area (Å²) >= 11 is 0. The van der Waals surface area contributed by atoms with Crippen LogP contribution in [-0.2, 0) is 10.0 Å². The van der Waals surface area contributed by atoms with Gasteiger partial charge >= 0.3 is 0 Å². The third-order valence-electron chi connectivity index (χ3n) is 4.23. The van der Waals surface area contributed by atoms with E-state index in [1.54, 1.807) is 25.1 Å². The number of aliphatic hydroxyl groups is 1. The summed E-state index contributed by atoms with van der Waals surface area (Å²) in [5, 5.41) is 13.1. The fourth-order valence-corrected chi connectivity index (χ4v) is 3.97. The number of benzene rings is 1. The summed E-state index contributed by atoms with van der Waals surface area (Å²) in [4.78, 5) is 0.323. The van der Waals surface area contributed by atoms with E-state index >= 15 is 0 Å². The van der Waals surface area contributed by atoms with Crippen LogP contribution in [0.3, 0.4) is 0 Å². The van der Waals surface area contributed by atoms with Gasteiger partial charge in [-0.25, -0.2) is 8.42 Å². The van der Waals surface area contributed by atoms with E-state index in [-0.39, 0.29) is 6.04 Å². The second kappa shape index (κ2) is 6.04. The van der Waals surface area contributed by atoms with Crippen molar-refractivity contribution in [2.45, 2.75) is 43.2 Å². The second-order valence-corrected chi connectivity index (χ2v) is 7.92. The molecule has 1 fully saturated rings. The van der Waals surface area contributed by atoms with Gasteiger partial charge in [0.25, 0.3) is 0 Å². The van der Waals surface area contributed by atoms with Crippen molar-refractivity contribution >= 4 is 10.0 Å². The van der Waals surface area contributed by atoms with Crippen LogP contribution >= 0.6 is 0 Å². The van der Waals surface area contributed by atoms with Crippen LogP contribution in [0.4, 0.5) is 0 Å². The molecule has 5 nitrogen and oxygen atoms in total. The number of sulfonamides is 1. The minimum atomic E-state index is -3.48. The Hall–Kier alpha value is -0.950. The average molecular weight is 312 g/mol. The van der Waals surface area contributed by atoms with E-state index in [2.05, 4.69) is 5.32 Å². The first-order chi connectivity index (χ1) is 9.76. The molecule has 6 heteroatoms. The molecule has 1 aromatic rings. The second-order valence-electron chi connectivity index (χ2n) is 5.98. The predicted molar refractivity (Wildman–Crippen MR) is 82.5 cm³/mol. The van der Waals surface area contributed by atoms with E-state index in [1.165, 1.54) is 4.31 Å². The van der Waals surface area contributed by atoms with E-state index in [4.69, 9.17) is 0 Å². The van der Waals surface area contributed by atoms with Gasteiger partial charge in [0.2, 0.25) is 10.0 Å². The van der Waals surface area contributed by atoms with Crippen LogP contribution in [0.2, 0.25) is 0 Å². The van der Waals surface area contributed by atoms with Crippen molar-refractivity contribution in [3.05, 3.63) is 29.8 Å². The summed E-state index contributed by atoms with van der Waals surface area (Å²) in [6.07, 6.45) is 0.942. The molecule has 0 bridgehead atoms. The maximum atomic E-state index is 12.7. The van der Waals surface area contributed by atoms with Crippen molar-refractivity contribution in [3.63, 3.8) is 0 Å². The van der Waals surface area contributed by atoms with Gasteiger partial charge in [-0.2, -0.15) is 4.31 Å². The van der Waals surface area contributed by atoms with E-state index in [0.29, 0.717) is 30.8 Å². The molecule has 0 spiro atoms. The molecule has 1 saturated heterocycles. The van der Waals surface area contributed by atoms with E-state index in [0.717, 1.165) is 5.56 Å². The Morgan fingerprint density at radius 1 is 1.33 bits per heavy atom. The lowest BCUT2D eigenvalue weighted by Crippen LogP contribution is -2.45. The summed E-state index contributed by atoms with van der Waals surface area (Å²) in [5.41, 5.74) is 0.191. The molecule has 1 atom stereocenters. The number of hydrogen-bond donors (Lipinski definition) is 2. The van der Waals surface area contributed by atoms with Crippen LogP contribution in [0.25, 0.3) is 0 Å². The van der Waals surface area contributed by atoms with Crippen molar-refractivity contribution < 1.29 is 13.5 Å². The molecule has 1 aliphatic heterocycles. The van der Waals surface area contributed by atoms with Gasteiger partial charge in [-0.15, -0.1) is 0 Å². The molecular weight excluding hydrogens is 288 g/mol. The van der Waals surface area contributed by atoms with E-state index in [1.807, 2.05) is 20.0 Å². The minimum Gasteiger partial charge on any atom is -0.390 e. The number of piperidine rings is 1. The number of rotatable bonds is 4. The summed E-state index contributed by atoms with van der Waals surface area (Å²) in [6.45, 7) is 4.47. The van der Waals surface area contributed by atoms with Gasteiger partial charge < -0.3 is 10.4 Å². The van der Waals surface area contributed by atoms with Crippen LogP contribution in [0.1, 0.15) is 38.3 Å². The lowest BCUT2D eigenvalue weighted by molar-refractivity contribution is 0.0126. The van der Waals surface area contributed by atoms with E-state index < -0.39 is 15.6 Å². The first-order valence-corrected chi connectivity index (χ1v) is 8.70. The Kier molecular flexibility index (Phi) is 4.72. The van der Waals surface area contributed by atoms with Gasteiger partial charge in [-0.3, -0.25) is 0 Å². The molecule has 1 aromatic carbocycles. The van der Waals surface area contributed by atoms with Crippen molar-refractivity contribution in [1.82, 2.24) is 9.62 Å². The molecule has 0 amide bonds. The maximum absolute atomic E-state index is 12.7. The topological polar surface area (TPSA) is 69.6 Å². The zero-order chi connectivity index (χ0) is 15.7. The molecule has 1 unspecified atom stereocenters. The molecule has 2 N–H and O–H groups in total. The Bertz CT molecular complexity index is 589. The zero-order valence-electron chi connectivity index (χ0n) is 12.8. The van der Waals surface area contributed by atoms with Crippen molar-refractivity contribution in [1.29, 1.82) is 0 Å². The van der Waals surface area contributed by atoms with Gasteiger partial charge in [0.1, 0.15) is 0 Å². The van der Waals surface area contributed by atoms with Gasteiger partial charge in [-0.05, 0) is 51.4 Å². The predicted octanol–water partition coefficient (Wildman–Crippen LogP) is 1.50. The third kappa shape index (κ3) is 3.63. The van der Waals surface area contributed by atoms with Gasteiger partial charge in [0.15, 0.2) is 0 Å². The summed E-state index contributed by atoms with van der Waals surface area (Å²) in [6, 6.07) is 7.15. The number of nitrogens with zero attached hydrogens (tertiary/aromatic N) is 1. The normalized spacial score (nSPS) is 21.1. The Morgan fingerprint density at radius 2 is 1.95 bits per heavy atom. The molecule has 0 aromatic heterocycles. The number of hydrogen-bond acceptors (Lipinski definition) is 4. The van der Waals surface area contributed by atoms with Crippen molar-refractivity contribution in [2.24, 2.45) is 0 Å². The number of nitrogens with one attached hydrogen (secondary N) is 1. The largest absolute Gasteiger partial charge is 0.390 e. The molecule has 1 heterocycles. The van der Waals surface area contributed by atoms with Crippen LogP contribution in [-0.4, -0.2) is 43.6 Å².